The van der Waals surface area contributed by atoms with Gasteiger partial charge in [0.15, 0.2) is 0 Å². The highest BCUT2D eigenvalue weighted by Crippen LogP contribution is 2.24. The molecule has 1 rings (SSSR count). The number of benzene rings is 1. The van der Waals surface area contributed by atoms with Crippen LogP contribution in [0.5, 0.6) is 0 Å². The summed E-state index contributed by atoms with van der Waals surface area (Å²) in [6.07, 6.45) is 1.63. The van der Waals surface area contributed by atoms with Crippen LogP contribution < -0.4 is 0 Å². The van der Waals surface area contributed by atoms with Gasteiger partial charge in [-0.05, 0) is 30.0 Å². The van der Waals surface area contributed by atoms with E-state index in [0.717, 1.165) is 22.9 Å². The second kappa shape index (κ2) is 5.52. The molecular formula is C12H17BrO. The summed E-state index contributed by atoms with van der Waals surface area (Å²) in [6, 6.07) is 7.88. The van der Waals surface area contributed by atoms with Crippen molar-refractivity contribution in [2.75, 3.05) is 0 Å². The zero-order valence-corrected chi connectivity index (χ0v) is 10.3. The molecule has 2 atom stereocenters. The van der Waals surface area contributed by atoms with E-state index in [-0.39, 0.29) is 6.10 Å². The van der Waals surface area contributed by atoms with Crippen LogP contribution in [-0.4, -0.2) is 5.11 Å². The summed E-state index contributed by atoms with van der Waals surface area (Å²) in [4.78, 5) is 0. The van der Waals surface area contributed by atoms with Gasteiger partial charge in [0.25, 0.3) is 0 Å². The fourth-order valence-electron chi connectivity index (χ4n) is 1.40. The summed E-state index contributed by atoms with van der Waals surface area (Å²) in [6.45, 7) is 4.32. The summed E-state index contributed by atoms with van der Waals surface area (Å²) < 4.78 is 1.03. The Hall–Kier alpha value is -0.340. The number of rotatable bonds is 4. The molecule has 1 N–H and O–H groups in total. The Morgan fingerprint density at radius 1 is 1.43 bits per heavy atom. The van der Waals surface area contributed by atoms with E-state index in [9.17, 15) is 5.11 Å². The Labute approximate surface area is 94.3 Å². The minimum Gasteiger partial charge on any atom is -0.388 e. The zero-order chi connectivity index (χ0) is 10.6. The maximum atomic E-state index is 9.93. The number of aliphatic hydroxyl groups is 1. The zero-order valence-electron chi connectivity index (χ0n) is 8.70. The Bertz CT molecular complexity index is 285. The fourth-order valence-corrected chi connectivity index (χ4v) is 1.81. The third-order valence-electron chi connectivity index (χ3n) is 2.56. The maximum absolute atomic E-state index is 9.93. The number of aliphatic hydroxyl groups excluding tert-OH is 1. The van der Waals surface area contributed by atoms with Gasteiger partial charge in [0.1, 0.15) is 0 Å². The second-order valence-electron chi connectivity index (χ2n) is 3.82. The van der Waals surface area contributed by atoms with Crippen LogP contribution in [0.15, 0.2) is 28.7 Å². The first-order chi connectivity index (χ1) is 6.63. The van der Waals surface area contributed by atoms with Crippen molar-refractivity contribution >= 4 is 15.9 Å². The van der Waals surface area contributed by atoms with Crippen LogP contribution >= 0.6 is 15.9 Å². The first kappa shape index (κ1) is 11.7. The molecule has 2 heteroatoms. The quantitative estimate of drug-likeness (QED) is 0.866. The lowest BCUT2D eigenvalue weighted by Gasteiger charge is -2.15. The molecule has 0 aromatic heterocycles. The van der Waals surface area contributed by atoms with E-state index in [1.54, 1.807) is 0 Å². The average Bonchev–Trinajstić information content (AvgIpc) is 2.17. The SMILES string of the molecule is CCC(C)CC(O)c1cccc(Br)c1. The van der Waals surface area contributed by atoms with Crippen molar-refractivity contribution in [3.63, 3.8) is 0 Å². The second-order valence-corrected chi connectivity index (χ2v) is 4.74. The van der Waals surface area contributed by atoms with Gasteiger partial charge < -0.3 is 5.11 Å². The third-order valence-corrected chi connectivity index (χ3v) is 3.05. The summed E-state index contributed by atoms with van der Waals surface area (Å²) in [5.74, 6) is 0.573. The van der Waals surface area contributed by atoms with Crippen LogP contribution in [0.1, 0.15) is 38.4 Å². The van der Waals surface area contributed by atoms with E-state index in [4.69, 9.17) is 0 Å². The van der Waals surface area contributed by atoms with Crippen LogP contribution in [0.2, 0.25) is 0 Å². The summed E-state index contributed by atoms with van der Waals surface area (Å²) in [7, 11) is 0. The Morgan fingerprint density at radius 2 is 2.14 bits per heavy atom. The lowest BCUT2D eigenvalue weighted by molar-refractivity contribution is 0.146. The van der Waals surface area contributed by atoms with Gasteiger partial charge in [0.05, 0.1) is 6.10 Å². The van der Waals surface area contributed by atoms with E-state index in [2.05, 4.69) is 29.8 Å². The van der Waals surface area contributed by atoms with Gasteiger partial charge >= 0.3 is 0 Å². The van der Waals surface area contributed by atoms with E-state index in [1.165, 1.54) is 0 Å². The van der Waals surface area contributed by atoms with Crippen LogP contribution in [0.4, 0.5) is 0 Å². The van der Waals surface area contributed by atoms with Gasteiger partial charge in [-0.2, -0.15) is 0 Å². The van der Waals surface area contributed by atoms with Crippen molar-refractivity contribution in [1.82, 2.24) is 0 Å². The highest BCUT2D eigenvalue weighted by atomic mass is 79.9. The van der Waals surface area contributed by atoms with Crippen molar-refractivity contribution in [3.8, 4) is 0 Å². The molecule has 0 radical (unpaired) electrons. The Morgan fingerprint density at radius 3 is 2.71 bits per heavy atom. The van der Waals surface area contributed by atoms with Gasteiger partial charge in [0, 0.05) is 4.47 Å². The highest BCUT2D eigenvalue weighted by molar-refractivity contribution is 9.10. The number of hydrogen-bond donors (Lipinski definition) is 1. The predicted octanol–water partition coefficient (Wildman–Crippen LogP) is 3.92. The predicted molar refractivity (Wildman–Crippen MR) is 63.2 cm³/mol. The Kier molecular flexibility index (Phi) is 4.63. The smallest absolute Gasteiger partial charge is 0.0793 e. The molecule has 1 aromatic rings. The first-order valence-electron chi connectivity index (χ1n) is 5.07. The standard InChI is InChI=1S/C12H17BrO/c1-3-9(2)7-12(14)10-5-4-6-11(13)8-10/h4-6,8-9,12,14H,3,7H2,1-2H3. The molecule has 0 aliphatic heterocycles. The lowest BCUT2D eigenvalue weighted by Crippen LogP contribution is -2.03. The topological polar surface area (TPSA) is 20.2 Å². The molecule has 0 saturated heterocycles. The summed E-state index contributed by atoms with van der Waals surface area (Å²) in [5.41, 5.74) is 1.000. The van der Waals surface area contributed by atoms with Crippen molar-refractivity contribution in [2.45, 2.75) is 32.8 Å². The van der Waals surface area contributed by atoms with Crippen molar-refractivity contribution in [2.24, 2.45) is 5.92 Å². The molecule has 0 fully saturated rings. The van der Waals surface area contributed by atoms with E-state index < -0.39 is 0 Å². The Balaban J connectivity index is 2.64. The molecule has 0 spiro atoms. The van der Waals surface area contributed by atoms with Gasteiger partial charge in [-0.25, -0.2) is 0 Å². The molecule has 0 saturated carbocycles. The maximum Gasteiger partial charge on any atom is 0.0793 e. The number of hydrogen-bond acceptors (Lipinski definition) is 1. The van der Waals surface area contributed by atoms with Crippen LogP contribution in [0, 0.1) is 5.92 Å². The van der Waals surface area contributed by atoms with Crippen LogP contribution in [0.3, 0.4) is 0 Å². The monoisotopic (exact) mass is 256 g/mol. The van der Waals surface area contributed by atoms with Gasteiger partial charge in [-0.15, -0.1) is 0 Å². The largest absolute Gasteiger partial charge is 0.388 e. The summed E-state index contributed by atoms with van der Waals surface area (Å²) >= 11 is 3.40. The van der Waals surface area contributed by atoms with Gasteiger partial charge in [-0.1, -0.05) is 48.3 Å². The molecular weight excluding hydrogens is 240 g/mol. The molecule has 14 heavy (non-hydrogen) atoms. The molecule has 0 aliphatic carbocycles. The van der Waals surface area contributed by atoms with Gasteiger partial charge in [-0.3, -0.25) is 0 Å². The van der Waals surface area contributed by atoms with Crippen LogP contribution in [-0.2, 0) is 0 Å². The molecule has 1 nitrogen and oxygen atoms in total. The summed E-state index contributed by atoms with van der Waals surface area (Å²) in [5, 5.41) is 9.93. The fraction of sp³-hybridized carbons (Fsp3) is 0.500. The molecule has 78 valence electrons. The highest BCUT2D eigenvalue weighted by Gasteiger charge is 2.11. The van der Waals surface area contributed by atoms with E-state index >= 15 is 0 Å². The minimum absolute atomic E-state index is 0.331. The normalized spacial score (nSPS) is 15.1. The average molecular weight is 257 g/mol. The van der Waals surface area contributed by atoms with Gasteiger partial charge in [0.2, 0.25) is 0 Å². The first-order valence-corrected chi connectivity index (χ1v) is 5.86. The molecule has 0 aliphatic rings. The van der Waals surface area contributed by atoms with E-state index in [1.807, 2.05) is 24.3 Å². The van der Waals surface area contributed by atoms with Crippen molar-refractivity contribution in [1.29, 1.82) is 0 Å². The number of halogens is 1. The molecule has 0 amide bonds. The molecule has 0 bridgehead atoms. The van der Waals surface area contributed by atoms with Crippen molar-refractivity contribution in [3.05, 3.63) is 34.3 Å². The third kappa shape index (κ3) is 3.43. The van der Waals surface area contributed by atoms with E-state index in [0.29, 0.717) is 5.92 Å². The molecule has 1 aromatic carbocycles. The molecule has 0 heterocycles. The lowest BCUT2D eigenvalue weighted by atomic mass is 9.97. The molecule has 2 unspecified atom stereocenters. The van der Waals surface area contributed by atoms with Crippen LogP contribution in [0.25, 0.3) is 0 Å². The van der Waals surface area contributed by atoms with Crippen molar-refractivity contribution < 1.29 is 5.11 Å². The minimum atomic E-state index is -0.331.